The van der Waals surface area contributed by atoms with Crippen molar-refractivity contribution in [3.63, 3.8) is 0 Å². The zero-order valence-corrected chi connectivity index (χ0v) is 15.7. The van der Waals surface area contributed by atoms with Gasteiger partial charge in [-0.05, 0) is 61.4 Å². The van der Waals surface area contributed by atoms with Crippen LogP contribution in [0.2, 0.25) is 0 Å². The Kier molecular flexibility index (Phi) is 4.24. The number of nitrogens with zero attached hydrogens (tertiary/aromatic N) is 1. The summed E-state index contributed by atoms with van der Waals surface area (Å²) in [6.45, 7) is 1.94. The Morgan fingerprint density at radius 1 is 0.960 bits per heavy atom. The molecule has 4 rings (SSSR count). The topological polar surface area (TPSA) is 37.4 Å². The molecular formula is C21H20BrNO2. The first kappa shape index (κ1) is 16.5. The number of anilines is 1. The Bertz CT molecular complexity index is 833. The lowest BCUT2D eigenvalue weighted by atomic mass is 9.73. The first-order chi connectivity index (χ1) is 12.1. The summed E-state index contributed by atoms with van der Waals surface area (Å²) in [6.07, 6.45) is 2.53. The van der Waals surface area contributed by atoms with Crippen LogP contribution >= 0.6 is 15.9 Å². The van der Waals surface area contributed by atoms with E-state index in [1.54, 1.807) is 0 Å². The van der Waals surface area contributed by atoms with Crippen molar-refractivity contribution in [2.45, 2.75) is 32.1 Å². The van der Waals surface area contributed by atoms with Crippen molar-refractivity contribution < 1.29 is 9.59 Å². The first-order valence-corrected chi connectivity index (χ1v) is 9.54. The second kappa shape index (κ2) is 6.41. The highest BCUT2D eigenvalue weighted by Gasteiger charge is 2.50. The molecule has 1 heterocycles. The highest BCUT2D eigenvalue weighted by Crippen LogP contribution is 2.46. The smallest absolute Gasteiger partial charge is 0.237 e. The van der Waals surface area contributed by atoms with Crippen molar-refractivity contribution in [2.75, 3.05) is 4.90 Å². The maximum absolute atomic E-state index is 13.1. The number of rotatable bonds is 2. The molecule has 1 saturated carbocycles. The van der Waals surface area contributed by atoms with E-state index in [1.165, 1.54) is 10.5 Å². The summed E-state index contributed by atoms with van der Waals surface area (Å²) in [5.74, 6) is -0.0248. The molecule has 1 saturated heterocycles. The van der Waals surface area contributed by atoms with Crippen LogP contribution in [0.25, 0.3) is 0 Å². The van der Waals surface area contributed by atoms with Crippen molar-refractivity contribution >= 4 is 33.4 Å². The summed E-state index contributed by atoms with van der Waals surface area (Å²) in [5.41, 5.74) is 2.94. The average Bonchev–Trinajstić information content (AvgIpc) is 2.87. The van der Waals surface area contributed by atoms with Crippen LogP contribution in [0.1, 0.15) is 36.3 Å². The Morgan fingerprint density at radius 2 is 1.68 bits per heavy atom. The fourth-order valence-electron chi connectivity index (χ4n) is 4.31. The van der Waals surface area contributed by atoms with Gasteiger partial charge < -0.3 is 0 Å². The predicted molar refractivity (Wildman–Crippen MR) is 101 cm³/mol. The van der Waals surface area contributed by atoms with Gasteiger partial charge in [-0.15, -0.1) is 0 Å². The van der Waals surface area contributed by atoms with E-state index in [1.807, 2.05) is 43.3 Å². The Morgan fingerprint density at radius 3 is 2.40 bits per heavy atom. The number of carbonyl (C=O) groups is 2. The fourth-order valence-corrected chi connectivity index (χ4v) is 4.79. The van der Waals surface area contributed by atoms with Gasteiger partial charge in [0.2, 0.25) is 11.8 Å². The molecule has 2 aromatic rings. The molecule has 2 amide bonds. The zero-order chi connectivity index (χ0) is 17.6. The minimum Gasteiger partial charge on any atom is -0.274 e. The van der Waals surface area contributed by atoms with Gasteiger partial charge >= 0.3 is 0 Å². The van der Waals surface area contributed by atoms with E-state index in [2.05, 4.69) is 28.1 Å². The highest BCUT2D eigenvalue weighted by molar-refractivity contribution is 9.10. The molecule has 1 aliphatic carbocycles. The molecule has 128 valence electrons. The van der Waals surface area contributed by atoms with Crippen LogP contribution in [0.15, 0.2) is 53.0 Å². The molecule has 3 nitrogen and oxygen atoms in total. The molecule has 2 aliphatic rings. The summed E-state index contributed by atoms with van der Waals surface area (Å²) in [4.78, 5) is 27.4. The van der Waals surface area contributed by atoms with Gasteiger partial charge in [-0.1, -0.05) is 46.3 Å². The SMILES string of the molecule is Cc1cc(Br)ccc1N1C(=O)[C@@H]2CC[C@@H](c3ccccc3)C[C@H]2C1=O. The third-order valence-electron chi connectivity index (χ3n) is 5.60. The van der Waals surface area contributed by atoms with Gasteiger partial charge in [0, 0.05) is 4.47 Å². The van der Waals surface area contributed by atoms with E-state index in [0.29, 0.717) is 5.92 Å². The zero-order valence-electron chi connectivity index (χ0n) is 14.1. The number of fused-ring (bicyclic) bond motifs is 1. The van der Waals surface area contributed by atoms with Crippen LogP contribution in [0, 0.1) is 18.8 Å². The Balaban J connectivity index is 1.63. The van der Waals surface area contributed by atoms with Crippen LogP contribution in [0.5, 0.6) is 0 Å². The van der Waals surface area contributed by atoms with E-state index in [4.69, 9.17) is 0 Å². The molecule has 25 heavy (non-hydrogen) atoms. The minimum absolute atomic E-state index is 0.0214. The molecule has 0 bridgehead atoms. The second-order valence-electron chi connectivity index (χ2n) is 7.08. The molecule has 4 heteroatoms. The fraction of sp³-hybridized carbons (Fsp3) is 0.333. The van der Waals surface area contributed by atoms with E-state index in [-0.39, 0.29) is 23.7 Å². The molecule has 0 aromatic heterocycles. The average molecular weight is 398 g/mol. The van der Waals surface area contributed by atoms with E-state index in [9.17, 15) is 9.59 Å². The van der Waals surface area contributed by atoms with Crippen LogP contribution in [0.4, 0.5) is 5.69 Å². The summed E-state index contributed by atoms with van der Waals surface area (Å²) in [7, 11) is 0. The van der Waals surface area contributed by atoms with Crippen molar-refractivity contribution in [1.82, 2.24) is 0 Å². The number of halogens is 1. The normalized spacial score (nSPS) is 26.0. The van der Waals surface area contributed by atoms with Gasteiger partial charge in [-0.3, -0.25) is 9.59 Å². The third kappa shape index (κ3) is 2.82. The lowest BCUT2D eigenvalue weighted by Gasteiger charge is -2.28. The van der Waals surface area contributed by atoms with Crippen molar-refractivity contribution in [1.29, 1.82) is 0 Å². The molecular weight excluding hydrogens is 378 g/mol. The quantitative estimate of drug-likeness (QED) is 0.680. The lowest BCUT2D eigenvalue weighted by molar-refractivity contribution is -0.122. The summed E-state index contributed by atoms with van der Waals surface area (Å²) in [5, 5.41) is 0. The summed E-state index contributed by atoms with van der Waals surface area (Å²) >= 11 is 3.44. The molecule has 2 fully saturated rings. The van der Waals surface area contributed by atoms with Crippen molar-refractivity contribution in [3.05, 3.63) is 64.1 Å². The lowest BCUT2D eigenvalue weighted by Crippen LogP contribution is -2.31. The van der Waals surface area contributed by atoms with Crippen LogP contribution in [-0.4, -0.2) is 11.8 Å². The Hall–Kier alpha value is -1.94. The van der Waals surface area contributed by atoms with Gasteiger partial charge in [0.15, 0.2) is 0 Å². The molecule has 3 atom stereocenters. The van der Waals surface area contributed by atoms with Crippen molar-refractivity contribution in [3.8, 4) is 0 Å². The predicted octanol–water partition coefficient (Wildman–Crippen LogP) is 4.83. The van der Waals surface area contributed by atoms with Gasteiger partial charge in [0.05, 0.1) is 17.5 Å². The molecule has 0 unspecified atom stereocenters. The Labute approximate surface area is 156 Å². The van der Waals surface area contributed by atoms with E-state index >= 15 is 0 Å². The first-order valence-electron chi connectivity index (χ1n) is 8.75. The minimum atomic E-state index is -0.186. The van der Waals surface area contributed by atoms with Gasteiger partial charge in [0.25, 0.3) is 0 Å². The highest BCUT2D eigenvalue weighted by atomic mass is 79.9. The summed E-state index contributed by atoms with van der Waals surface area (Å²) in [6, 6.07) is 16.0. The molecule has 0 radical (unpaired) electrons. The number of hydrogen-bond acceptors (Lipinski definition) is 2. The second-order valence-corrected chi connectivity index (χ2v) is 7.99. The van der Waals surface area contributed by atoms with Gasteiger partial charge in [-0.25, -0.2) is 4.90 Å². The van der Waals surface area contributed by atoms with E-state index < -0.39 is 0 Å². The van der Waals surface area contributed by atoms with Crippen LogP contribution in [-0.2, 0) is 9.59 Å². The third-order valence-corrected chi connectivity index (χ3v) is 6.09. The van der Waals surface area contributed by atoms with Gasteiger partial charge in [-0.2, -0.15) is 0 Å². The number of aryl methyl sites for hydroxylation is 1. The monoisotopic (exact) mass is 397 g/mol. The maximum Gasteiger partial charge on any atom is 0.237 e. The number of amides is 2. The van der Waals surface area contributed by atoms with E-state index in [0.717, 1.165) is 35.0 Å². The number of imide groups is 1. The van der Waals surface area contributed by atoms with Gasteiger partial charge in [0.1, 0.15) is 0 Å². The summed E-state index contributed by atoms with van der Waals surface area (Å²) < 4.78 is 0.953. The largest absolute Gasteiger partial charge is 0.274 e. The van der Waals surface area contributed by atoms with Crippen LogP contribution < -0.4 is 4.90 Å². The maximum atomic E-state index is 13.1. The molecule has 1 aliphatic heterocycles. The molecule has 2 aromatic carbocycles. The standard InChI is InChI=1S/C21H20BrNO2/c1-13-11-16(22)8-10-19(13)23-20(24)17-9-7-15(12-18(17)21(23)25)14-5-3-2-4-6-14/h2-6,8,10-11,15,17-18H,7,9,12H2,1H3/t15-,17-,18-/m1/s1. The number of carbonyl (C=O) groups excluding carboxylic acids is 2. The number of hydrogen-bond donors (Lipinski definition) is 0. The molecule has 0 N–H and O–H groups in total. The van der Waals surface area contributed by atoms with Crippen LogP contribution in [0.3, 0.4) is 0 Å². The number of benzene rings is 2. The van der Waals surface area contributed by atoms with Crippen molar-refractivity contribution in [2.24, 2.45) is 11.8 Å². The molecule has 0 spiro atoms.